The third-order valence-corrected chi connectivity index (χ3v) is 3.66. The van der Waals surface area contributed by atoms with Gasteiger partial charge in [-0.15, -0.1) is 0 Å². The van der Waals surface area contributed by atoms with E-state index >= 15 is 0 Å². The molecular formula is C14H30N2. The van der Waals surface area contributed by atoms with E-state index in [1.54, 1.807) is 0 Å². The molecule has 0 aromatic rings. The highest BCUT2D eigenvalue weighted by atomic mass is 15.2. The fourth-order valence-electron chi connectivity index (χ4n) is 2.65. The van der Waals surface area contributed by atoms with Gasteiger partial charge in [0.15, 0.2) is 0 Å². The zero-order valence-corrected chi connectivity index (χ0v) is 11.6. The lowest BCUT2D eigenvalue weighted by Gasteiger charge is -2.33. The number of rotatable bonds is 5. The van der Waals surface area contributed by atoms with Crippen LogP contribution in [0.25, 0.3) is 0 Å². The molecule has 0 bridgehead atoms. The van der Waals surface area contributed by atoms with Crippen LogP contribution in [0, 0.1) is 5.92 Å². The Labute approximate surface area is 102 Å². The molecule has 1 N–H and O–H groups in total. The Hall–Kier alpha value is -0.0800. The minimum absolute atomic E-state index is 0.687. The summed E-state index contributed by atoms with van der Waals surface area (Å²) in [5.74, 6) is 0.758. The predicted octanol–water partition coefficient (Wildman–Crippen LogP) is 2.89. The molecule has 1 rings (SSSR count). The Morgan fingerprint density at radius 1 is 1.12 bits per heavy atom. The summed E-state index contributed by atoms with van der Waals surface area (Å²) in [5, 5.41) is 3.58. The van der Waals surface area contributed by atoms with E-state index in [9.17, 15) is 0 Å². The topological polar surface area (TPSA) is 15.3 Å². The summed E-state index contributed by atoms with van der Waals surface area (Å²) in [7, 11) is 0. The number of hydrogen-bond donors (Lipinski definition) is 1. The van der Waals surface area contributed by atoms with Gasteiger partial charge >= 0.3 is 0 Å². The Balaban J connectivity index is 2.29. The zero-order chi connectivity index (χ0) is 12.0. The molecule has 1 aliphatic rings. The molecule has 2 heteroatoms. The first-order valence-electron chi connectivity index (χ1n) is 7.07. The Morgan fingerprint density at radius 3 is 2.56 bits per heavy atom. The van der Waals surface area contributed by atoms with Gasteiger partial charge in [0, 0.05) is 18.6 Å². The van der Waals surface area contributed by atoms with Crippen LogP contribution >= 0.6 is 0 Å². The van der Waals surface area contributed by atoms with Gasteiger partial charge < -0.3 is 5.32 Å². The summed E-state index contributed by atoms with van der Waals surface area (Å²) in [4.78, 5) is 2.69. The average molecular weight is 226 g/mol. The van der Waals surface area contributed by atoms with Crippen molar-refractivity contribution in [3.63, 3.8) is 0 Å². The van der Waals surface area contributed by atoms with Crippen molar-refractivity contribution in [3.05, 3.63) is 0 Å². The lowest BCUT2D eigenvalue weighted by Crippen LogP contribution is -2.45. The molecule has 1 saturated heterocycles. The largest absolute Gasteiger partial charge is 0.315 e. The summed E-state index contributed by atoms with van der Waals surface area (Å²) in [6.07, 6.45) is 5.62. The average Bonchev–Trinajstić information content (AvgIpc) is 2.42. The molecule has 2 unspecified atom stereocenters. The molecule has 0 aliphatic carbocycles. The van der Waals surface area contributed by atoms with Crippen LogP contribution in [0.1, 0.15) is 53.4 Å². The van der Waals surface area contributed by atoms with Gasteiger partial charge in [0.2, 0.25) is 0 Å². The highest BCUT2D eigenvalue weighted by Crippen LogP contribution is 2.18. The molecule has 0 radical (unpaired) electrons. The van der Waals surface area contributed by atoms with Crippen LogP contribution in [-0.2, 0) is 0 Å². The van der Waals surface area contributed by atoms with Crippen molar-refractivity contribution in [3.8, 4) is 0 Å². The predicted molar refractivity (Wildman–Crippen MR) is 71.8 cm³/mol. The fraction of sp³-hybridized carbons (Fsp3) is 1.00. The Kier molecular flexibility index (Phi) is 6.37. The molecule has 96 valence electrons. The standard InChI is InChI=1S/C14H30N2/c1-12(2)10-15-11-14(4)16-9-7-5-6-8-13(16)3/h12-15H,5-11H2,1-4H3. The summed E-state index contributed by atoms with van der Waals surface area (Å²) in [6, 6.07) is 1.46. The monoisotopic (exact) mass is 226 g/mol. The van der Waals surface area contributed by atoms with Crippen LogP contribution in [0.4, 0.5) is 0 Å². The van der Waals surface area contributed by atoms with Crippen molar-refractivity contribution >= 4 is 0 Å². The van der Waals surface area contributed by atoms with Crippen LogP contribution in [0.3, 0.4) is 0 Å². The highest BCUT2D eigenvalue weighted by molar-refractivity contribution is 4.78. The molecule has 0 saturated carbocycles. The van der Waals surface area contributed by atoms with Crippen LogP contribution in [0.2, 0.25) is 0 Å². The second-order valence-corrected chi connectivity index (χ2v) is 5.84. The Morgan fingerprint density at radius 2 is 1.88 bits per heavy atom. The molecule has 0 aromatic carbocycles. The van der Waals surface area contributed by atoms with Crippen molar-refractivity contribution in [1.29, 1.82) is 0 Å². The minimum Gasteiger partial charge on any atom is -0.315 e. The van der Waals surface area contributed by atoms with Gasteiger partial charge in [0.05, 0.1) is 0 Å². The van der Waals surface area contributed by atoms with Gasteiger partial charge in [-0.1, -0.05) is 26.7 Å². The van der Waals surface area contributed by atoms with Crippen molar-refractivity contribution in [2.24, 2.45) is 5.92 Å². The number of nitrogens with one attached hydrogen (secondary N) is 1. The van der Waals surface area contributed by atoms with Crippen molar-refractivity contribution in [2.75, 3.05) is 19.6 Å². The first-order chi connectivity index (χ1) is 7.61. The number of likely N-dealkylation sites (tertiary alicyclic amines) is 1. The Bertz CT molecular complexity index is 180. The normalized spacial score (nSPS) is 25.7. The van der Waals surface area contributed by atoms with Gasteiger partial charge in [-0.25, -0.2) is 0 Å². The third-order valence-electron chi connectivity index (χ3n) is 3.66. The van der Waals surface area contributed by atoms with Crippen molar-refractivity contribution in [1.82, 2.24) is 10.2 Å². The molecular weight excluding hydrogens is 196 g/mol. The van der Waals surface area contributed by atoms with Gasteiger partial charge in [-0.2, -0.15) is 0 Å². The maximum absolute atomic E-state index is 3.58. The van der Waals surface area contributed by atoms with Crippen molar-refractivity contribution < 1.29 is 0 Å². The smallest absolute Gasteiger partial charge is 0.0195 e. The van der Waals surface area contributed by atoms with Gasteiger partial charge in [-0.3, -0.25) is 4.90 Å². The van der Waals surface area contributed by atoms with Gasteiger partial charge in [0.1, 0.15) is 0 Å². The van der Waals surface area contributed by atoms with E-state index in [0.29, 0.717) is 6.04 Å². The first kappa shape index (κ1) is 14.0. The summed E-state index contributed by atoms with van der Waals surface area (Å²) < 4.78 is 0. The van der Waals surface area contributed by atoms with Crippen LogP contribution < -0.4 is 5.32 Å². The summed E-state index contributed by atoms with van der Waals surface area (Å²) in [5.41, 5.74) is 0. The summed E-state index contributed by atoms with van der Waals surface area (Å²) in [6.45, 7) is 12.9. The second-order valence-electron chi connectivity index (χ2n) is 5.84. The molecule has 1 heterocycles. The van der Waals surface area contributed by atoms with E-state index in [1.165, 1.54) is 32.2 Å². The van der Waals surface area contributed by atoms with Gasteiger partial charge in [-0.05, 0) is 45.7 Å². The molecule has 2 nitrogen and oxygen atoms in total. The van der Waals surface area contributed by atoms with Crippen LogP contribution in [-0.4, -0.2) is 36.6 Å². The van der Waals surface area contributed by atoms with Crippen molar-refractivity contribution in [2.45, 2.75) is 65.5 Å². The number of hydrogen-bond acceptors (Lipinski definition) is 2. The molecule has 1 fully saturated rings. The zero-order valence-electron chi connectivity index (χ0n) is 11.6. The lowest BCUT2D eigenvalue weighted by molar-refractivity contribution is 0.154. The summed E-state index contributed by atoms with van der Waals surface area (Å²) >= 11 is 0. The van der Waals surface area contributed by atoms with Gasteiger partial charge in [0.25, 0.3) is 0 Å². The molecule has 2 atom stereocenters. The van der Waals surface area contributed by atoms with E-state index in [4.69, 9.17) is 0 Å². The molecule has 16 heavy (non-hydrogen) atoms. The minimum atomic E-state index is 0.687. The lowest BCUT2D eigenvalue weighted by atomic mass is 10.1. The van der Waals surface area contributed by atoms with E-state index in [-0.39, 0.29) is 0 Å². The molecule has 0 aromatic heterocycles. The van der Waals surface area contributed by atoms with E-state index < -0.39 is 0 Å². The number of nitrogens with zero attached hydrogens (tertiary/aromatic N) is 1. The first-order valence-corrected chi connectivity index (χ1v) is 7.07. The molecule has 0 spiro atoms. The second kappa shape index (κ2) is 7.29. The molecule has 1 aliphatic heterocycles. The van der Waals surface area contributed by atoms with E-state index in [0.717, 1.165) is 25.0 Å². The highest BCUT2D eigenvalue weighted by Gasteiger charge is 2.21. The molecule has 0 amide bonds. The SMILES string of the molecule is CC(C)CNCC(C)N1CCCCCC1C. The quantitative estimate of drug-likeness (QED) is 0.775. The maximum Gasteiger partial charge on any atom is 0.0195 e. The third kappa shape index (κ3) is 4.84. The van der Waals surface area contributed by atoms with Crippen LogP contribution in [0.5, 0.6) is 0 Å². The van der Waals surface area contributed by atoms with E-state index in [2.05, 4.69) is 37.9 Å². The maximum atomic E-state index is 3.58. The fourth-order valence-corrected chi connectivity index (χ4v) is 2.65. The van der Waals surface area contributed by atoms with Crippen LogP contribution in [0.15, 0.2) is 0 Å². The van der Waals surface area contributed by atoms with E-state index in [1.807, 2.05) is 0 Å².